The quantitative estimate of drug-likeness (QED) is 0.526. The van der Waals surface area contributed by atoms with Crippen LogP contribution >= 0.6 is 0 Å². The van der Waals surface area contributed by atoms with Gasteiger partial charge < -0.3 is 15.0 Å². The van der Waals surface area contributed by atoms with Gasteiger partial charge >= 0.3 is 0 Å². The minimum absolute atomic E-state index is 0.0228. The Hall–Kier alpha value is -2.86. The van der Waals surface area contributed by atoms with E-state index in [0.717, 1.165) is 43.3 Å². The van der Waals surface area contributed by atoms with Crippen molar-refractivity contribution in [3.63, 3.8) is 0 Å². The number of rotatable bonds is 2. The summed E-state index contributed by atoms with van der Waals surface area (Å²) in [6, 6.07) is 12.8. The second-order valence-corrected chi connectivity index (χ2v) is 8.37. The number of hydrogen-bond acceptors (Lipinski definition) is 4. The summed E-state index contributed by atoms with van der Waals surface area (Å²) in [5.74, 6) is 0.710. The number of non-ortho nitro benzene ring substituents is 1. The highest BCUT2D eigenvalue weighted by molar-refractivity contribution is 5.87. The van der Waals surface area contributed by atoms with E-state index in [4.69, 9.17) is 0 Å². The highest BCUT2D eigenvalue weighted by Crippen LogP contribution is 2.49. The van der Waals surface area contributed by atoms with Crippen LogP contribution in [0.1, 0.15) is 23.2 Å². The number of nitro groups is 1. The molecule has 144 valence electrons. The van der Waals surface area contributed by atoms with Crippen molar-refractivity contribution < 1.29 is 10.0 Å². The van der Waals surface area contributed by atoms with Crippen molar-refractivity contribution in [1.82, 2.24) is 9.88 Å². The molecule has 0 bridgehead atoms. The van der Waals surface area contributed by atoms with Gasteiger partial charge in [0.25, 0.3) is 5.69 Å². The molecule has 1 aromatic heterocycles. The Morgan fingerprint density at radius 1 is 1.29 bits per heavy atom. The number of nitrogens with one attached hydrogen (secondary N) is 1. The monoisotopic (exact) mass is 377 g/mol. The van der Waals surface area contributed by atoms with Crippen LogP contribution in [-0.2, 0) is 18.3 Å². The van der Waals surface area contributed by atoms with E-state index in [9.17, 15) is 15.2 Å². The van der Waals surface area contributed by atoms with E-state index in [2.05, 4.69) is 23.0 Å². The minimum atomic E-state index is -0.326. The lowest BCUT2D eigenvalue weighted by Gasteiger charge is -2.50. The van der Waals surface area contributed by atoms with Crippen molar-refractivity contribution in [3.8, 4) is 5.75 Å². The largest absolute Gasteiger partial charge is 0.508 e. The number of fused-ring (bicyclic) bond motifs is 4. The summed E-state index contributed by atoms with van der Waals surface area (Å²) in [5.41, 5.74) is 4.68. The van der Waals surface area contributed by atoms with E-state index >= 15 is 0 Å². The molecule has 1 aliphatic carbocycles. The number of aromatic hydroxyl groups is 1. The molecule has 1 aliphatic heterocycles. The molecule has 6 heteroatoms. The molecule has 28 heavy (non-hydrogen) atoms. The molecule has 1 saturated heterocycles. The fourth-order valence-electron chi connectivity index (χ4n) is 5.38. The van der Waals surface area contributed by atoms with Crippen LogP contribution in [0.3, 0.4) is 0 Å². The molecule has 2 heterocycles. The average Bonchev–Trinajstić information content (AvgIpc) is 3.02. The fraction of sp³-hybridized carbons (Fsp3) is 0.364. The predicted octanol–water partition coefficient (Wildman–Crippen LogP) is 3.77. The van der Waals surface area contributed by atoms with Gasteiger partial charge in [-0.1, -0.05) is 12.1 Å². The summed E-state index contributed by atoms with van der Waals surface area (Å²) < 4.78 is 0. The van der Waals surface area contributed by atoms with E-state index in [0.29, 0.717) is 11.7 Å². The molecule has 5 rings (SSSR count). The summed E-state index contributed by atoms with van der Waals surface area (Å²) in [5, 5.41) is 22.3. The summed E-state index contributed by atoms with van der Waals surface area (Å²) in [4.78, 5) is 16.8. The molecule has 3 aromatic rings. The third-order valence-corrected chi connectivity index (χ3v) is 6.81. The maximum atomic E-state index is 11.2. The average molecular weight is 377 g/mol. The molecule has 2 N–H and O–H groups in total. The number of aromatic amines is 1. The Balaban J connectivity index is 1.67. The summed E-state index contributed by atoms with van der Waals surface area (Å²) in [7, 11) is 2.15. The van der Waals surface area contributed by atoms with Crippen molar-refractivity contribution in [2.24, 2.45) is 5.92 Å². The summed E-state index contributed by atoms with van der Waals surface area (Å²) >= 11 is 0. The minimum Gasteiger partial charge on any atom is -0.508 e. The van der Waals surface area contributed by atoms with Gasteiger partial charge in [0.15, 0.2) is 0 Å². The number of benzene rings is 2. The Bertz CT molecular complexity index is 1090. The van der Waals surface area contributed by atoms with Crippen LogP contribution in [0.2, 0.25) is 0 Å². The van der Waals surface area contributed by atoms with Gasteiger partial charge in [0.2, 0.25) is 0 Å². The van der Waals surface area contributed by atoms with Gasteiger partial charge in [-0.2, -0.15) is 0 Å². The Morgan fingerprint density at radius 2 is 2.14 bits per heavy atom. The predicted molar refractivity (Wildman–Crippen MR) is 108 cm³/mol. The molecule has 0 radical (unpaired) electrons. The molecule has 2 aliphatic rings. The highest BCUT2D eigenvalue weighted by Gasteiger charge is 2.47. The van der Waals surface area contributed by atoms with Gasteiger partial charge in [-0.05, 0) is 68.1 Å². The number of phenolic OH excluding ortho intramolecular Hbond substituents is 1. The van der Waals surface area contributed by atoms with Crippen LogP contribution in [0.25, 0.3) is 10.9 Å². The van der Waals surface area contributed by atoms with Gasteiger partial charge in [-0.3, -0.25) is 10.1 Å². The first-order chi connectivity index (χ1) is 13.5. The lowest BCUT2D eigenvalue weighted by Crippen LogP contribution is -2.52. The number of H-pyrrole nitrogens is 1. The van der Waals surface area contributed by atoms with Crippen LogP contribution in [0.4, 0.5) is 5.69 Å². The number of piperidine rings is 1. The van der Waals surface area contributed by atoms with E-state index in [1.165, 1.54) is 16.8 Å². The first kappa shape index (κ1) is 17.3. The Labute approximate surface area is 162 Å². The number of likely N-dealkylation sites (tertiary alicyclic amines) is 1. The molecule has 1 unspecified atom stereocenters. The first-order valence-electron chi connectivity index (χ1n) is 9.72. The molecule has 1 fully saturated rings. The molecule has 0 spiro atoms. The lowest BCUT2D eigenvalue weighted by molar-refractivity contribution is -0.384. The van der Waals surface area contributed by atoms with Gasteiger partial charge in [0.1, 0.15) is 5.75 Å². The molecule has 6 nitrogen and oxygen atoms in total. The zero-order chi connectivity index (χ0) is 19.5. The Kier molecular flexibility index (Phi) is 3.74. The molecular formula is C22H23N3O3. The summed E-state index contributed by atoms with van der Waals surface area (Å²) in [6.45, 7) is 2.00. The van der Waals surface area contributed by atoms with Crippen molar-refractivity contribution in [2.75, 3.05) is 20.1 Å². The highest BCUT2D eigenvalue weighted by atomic mass is 16.6. The second-order valence-electron chi connectivity index (χ2n) is 8.37. The number of aromatic nitrogens is 1. The van der Waals surface area contributed by atoms with Crippen LogP contribution in [0, 0.1) is 16.0 Å². The third-order valence-electron chi connectivity index (χ3n) is 6.81. The van der Waals surface area contributed by atoms with Gasteiger partial charge in [-0.15, -0.1) is 0 Å². The Morgan fingerprint density at radius 3 is 2.93 bits per heavy atom. The number of nitro benzene ring substituents is 1. The van der Waals surface area contributed by atoms with Gasteiger partial charge in [-0.25, -0.2) is 0 Å². The van der Waals surface area contributed by atoms with E-state index in [1.54, 1.807) is 18.2 Å². The zero-order valence-corrected chi connectivity index (χ0v) is 15.8. The number of nitrogens with zero attached hydrogens (tertiary/aromatic N) is 2. The van der Waals surface area contributed by atoms with Crippen molar-refractivity contribution >= 4 is 16.6 Å². The fourth-order valence-corrected chi connectivity index (χ4v) is 5.38. The van der Waals surface area contributed by atoms with E-state index in [1.807, 2.05) is 18.2 Å². The van der Waals surface area contributed by atoms with Crippen LogP contribution in [0.5, 0.6) is 5.75 Å². The maximum absolute atomic E-state index is 11.2. The molecule has 2 atom stereocenters. The second kappa shape index (κ2) is 6.07. The van der Waals surface area contributed by atoms with E-state index in [-0.39, 0.29) is 16.0 Å². The topological polar surface area (TPSA) is 82.4 Å². The SMILES string of the molecule is CN1CC[C@]2(c3cccc(O)c3)Cc3[nH]c4ccc([N+](=O)[O-])cc4c3CC2C1. The van der Waals surface area contributed by atoms with Gasteiger partial charge in [0, 0.05) is 40.7 Å². The number of hydrogen-bond donors (Lipinski definition) is 2. The molecule has 0 amide bonds. The zero-order valence-electron chi connectivity index (χ0n) is 15.8. The normalized spacial score (nSPS) is 24.7. The first-order valence-corrected chi connectivity index (χ1v) is 9.72. The smallest absolute Gasteiger partial charge is 0.270 e. The standard InChI is InChI=1S/C22H23N3O3/c1-24-8-7-22(14-3-2-4-17(26)9-14)12-21-18(10-15(22)13-24)19-11-16(25(27)28)5-6-20(19)23-21/h2-6,9,11,15,23,26H,7-8,10,12-13H2,1H3/t15?,22-/m1/s1. The van der Waals surface area contributed by atoms with Crippen LogP contribution in [0.15, 0.2) is 42.5 Å². The third kappa shape index (κ3) is 2.52. The molecule has 0 saturated carbocycles. The van der Waals surface area contributed by atoms with Crippen LogP contribution in [-0.4, -0.2) is 40.1 Å². The van der Waals surface area contributed by atoms with Crippen molar-refractivity contribution in [3.05, 3.63) is 69.4 Å². The van der Waals surface area contributed by atoms with Crippen molar-refractivity contribution in [2.45, 2.75) is 24.7 Å². The van der Waals surface area contributed by atoms with Crippen LogP contribution < -0.4 is 0 Å². The van der Waals surface area contributed by atoms with Gasteiger partial charge in [0.05, 0.1) is 4.92 Å². The lowest BCUT2D eigenvalue weighted by atomic mass is 9.59. The van der Waals surface area contributed by atoms with Crippen molar-refractivity contribution in [1.29, 1.82) is 0 Å². The molecule has 2 aromatic carbocycles. The molecular weight excluding hydrogens is 354 g/mol. The maximum Gasteiger partial charge on any atom is 0.270 e. The van der Waals surface area contributed by atoms with E-state index < -0.39 is 0 Å². The number of phenols is 1. The summed E-state index contributed by atoms with van der Waals surface area (Å²) in [6.07, 6.45) is 2.79.